The number of hydrogen-bond acceptors (Lipinski definition) is 7. The monoisotopic (exact) mass is 396 g/mol. The van der Waals surface area contributed by atoms with Gasteiger partial charge in [0.2, 0.25) is 5.95 Å². The quantitative estimate of drug-likeness (QED) is 0.794. The van der Waals surface area contributed by atoms with Crippen LogP contribution < -0.4 is 20.3 Å². The second kappa shape index (κ2) is 8.78. The first-order valence-electron chi connectivity index (χ1n) is 8.16. The molecule has 2 heterocycles. The average Bonchev–Trinajstić information content (AvgIpc) is 2.69. The minimum atomic E-state index is -0.560. The minimum absolute atomic E-state index is 0.0526. The summed E-state index contributed by atoms with van der Waals surface area (Å²) in [5.41, 5.74) is 0.362. The second-order valence-electron chi connectivity index (χ2n) is 5.57. The Balaban J connectivity index is 1.63. The number of carbonyl (C=O) groups excluding carboxylic acids is 1. The van der Waals surface area contributed by atoms with E-state index < -0.39 is 11.8 Å². The highest BCUT2D eigenvalue weighted by Crippen LogP contribution is 2.19. The number of ether oxygens (including phenoxy) is 2. The molecule has 2 aromatic rings. The summed E-state index contributed by atoms with van der Waals surface area (Å²) in [5, 5.41) is 5.10. The van der Waals surface area contributed by atoms with Crippen molar-refractivity contribution in [3.63, 3.8) is 0 Å². The number of anilines is 2. The van der Waals surface area contributed by atoms with E-state index in [2.05, 4.69) is 25.6 Å². The van der Waals surface area contributed by atoms with Crippen LogP contribution in [-0.4, -0.2) is 54.4 Å². The van der Waals surface area contributed by atoms with Crippen LogP contribution >= 0.6 is 11.6 Å². The zero-order chi connectivity index (χ0) is 19.2. The summed E-state index contributed by atoms with van der Waals surface area (Å²) in [6.07, 6.45) is 0. The molecule has 0 saturated carbocycles. The Bertz CT molecular complexity index is 819. The van der Waals surface area contributed by atoms with E-state index in [1.165, 1.54) is 25.3 Å². The number of nitrogens with zero attached hydrogens (tertiary/aromatic N) is 4. The maximum atomic E-state index is 13.2. The van der Waals surface area contributed by atoms with E-state index in [4.69, 9.17) is 21.1 Å². The number of rotatable bonds is 5. The lowest BCUT2D eigenvalue weighted by molar-refractivity contribution is 0.122. The van der Waals surface area contributed by atoms with Crippen molar-refractivity contribution < 1.29 is 18.7 Å². The largest absolute Gasteiger partial charge is 0.467 e. The van der Waals surface area contributed by atoms with Crippen LogP contribution in [0.3, 0.4) is 0 Å². The zero-order valence-corrected chi connectivity index (χ0v) is 15.3. The fourth-order valence-corrected chi connectivity index (χ4v) is 2.55. The van der Waals surface area contributed by atoms with Crippen molar-refractivity contribution in [2.24, 2.45) is 0 Å². The number of methoxy groups -OCH3 is 1. The van der Waals surface area contributed by atoms with E-state index in [0.29, 0.717) is 43.8 Å². The Morgan fingerprint density at radius 3 is 2.81 bits per heavy atom. The van der Waals surface area contributed by atoms with Crippen molar-refractivity contribution in [1.82, 2.24) is 20.3 Å². The molecule has 1 aromatic carbocycles. The van der Waals surface area contributed by atoms with Crippen LogP contribution in [0.5, 0.6) is 6.01 Å². The Morgan fingerprint density at radius 2 is 2.11 bits per heavy atom. The number of halogens is 2. The van der Waals surface area contributed by atoms with Gasteiger partial charge in [0.1, 0.15) is 5.82 Å². The van der Waals surface area contributed by atoms with Gasteiger partial charge in [-0.15, -0.1) is 0 Å². The van der Waals surface area contributed by atoms with Gasteiger partial charge in [-0.3, -0.25) is 0 Å². The molecule has 1 saturated heterocycles. The number of morpholine rings is 1. The first kappa shape index (κ1) is 19.1. The van der Waals surface area contributed by atoms with Gasteiger partial charge in [-0.1, -0.05) is 11.6 Å². The summed E-state index contributed by atoms with van der Waals surface area (Å²) in [6.45, 7) is 2.54. The van der Waals surface area contributed by atoms with E-state index in [0.717, 1.165) is 0 Å². The third kappa shape index (κ3) is 5.14. The molecule has 0 unspecified atom stereocenters. The van der Waals surface area contributed by atoms with Gasteiger partial charge in [-0.25, -0.2) is 9.18 Å². The topological polar surface area (TPSA) is 102 Å². The van der Waals surface area contributed by atoms with Crippen LogP contribution in [-0.2, 0) is 11.3 Å². The molecule has 2 N–H and O–H groups in total. The van der Waals surface area contributed by atoms with Crippen LogP contribution in [0.1, 0.15) is 5.82 Å². The fraction of sp³-hybridized carbons (Fsp3) is 0.375. The lowest BCUT2D eigenvalue weighted by atomic mass is 10.3. The molecule has 3 rings (SSSR count). The molecule has 0 radical (unpaired) electrons. The highest BCUT2D eigenvalue weighted by molar-refractivity contribution is 6.31. The lowest BCUT2D eigenvalue weighted by Gasteiger charge is -2.26. The molecule has 11 heteroatoms. The smallest absolute Gasteiger partial charge is 0.321 e. The van der Waals surface area contributed by atoms with Crippen LogP contribution in [0.2, 0.25) is 5.02 Å². The van der Waals surface area contributed by atoms with E-state index in [-0.39, 0.29) is 17.6 Å². The predicted molar refractivity (Wildman–Crippen MR) is 96.7 cm³/mol. The first-order valence-corrected chi connectivity index (χ1v) is 8.54. The Hall–Kier alpha value is -2.72. The van der Waals surface area contributed by atoms with Gasteiger partial charge < -0.3 is 25.0 Å². The number of hydrogen-bond donors (Lipinski definition) is 2. The van der Waals surface area contributed by atoms with Crippen LogP contribution in [0.4, 0.5) is 20.8 Å². The molecule has 144 valence electrons. The Kier molecular flexibility index (Phi) is 6.20. The third-order valence-electron chi connectivity index (χ3n) is 3.71. The maximum Gasteiger partial charge on any atom is 0.321 e. The summed E-state index contributed by atoms with van der Waals surface area (Å²) in [5.74, 6) is 0.249. The van der Waals surface area contributed by atoms with Gasteiger partial charge >= 0.3 is 12.0 Å². The Morgan fingerprint density at radius 1 is 1.33 bits per heavy atom. The van der Waals surface area contributed by atoms with E-state index >= 15 is 0 Å². The van der Waals surface area contributed by atoms with E-state index in [1.807, 2.05) is 4.90 Å². The number of nitrogens with one attached hydrogen (secondary N) is 2. The molecule has 0 aliphatic carbocycles. The lowest BCUT2D eigenvalue weighted by Crippen LogP contribution is -2.38. The van der Waals surface area contributed by atoms with Gasteiger partial charge in [-0.05, 0) is 18.2 Å². The normalized spacial score (nSPS) is 14.0. The summed E-state index contributed by atoms with van der Waals surface area (Å²) in [6, 6.07) is 3.55. The standard InChI is InChI=1S/C16H18ClFN6O3/c1-26-16-22-13(21-14(23-16)24-4-6-27-7-5-24)9-19-15(25)20-10-2-3-12(18)11(17)8-10/h2-3,8H,4-7,9H2,1H3,(H2,19,20,25). The molecule has 0 bridgehead atoms. The first-order chi connectivity index (χ1) is 13.0. The zero-order valence-electron chi connectivity index (χ0n) is 14.5. The second-order valence-corrected chi connectivity index (χ2v) is 5.98. The van der Waals surface area contributed by atoms with Gasteiger partial charge in [0.15, 0.2) is 5.82 Å². The van der Waals surface area contributed by atoms with Crippen LogP contribution in [0, 0.1) is 5.82 Å². The molecular formula is C16H18ClFN6O3. The van der Waals surface area contributed by atoms with Crippen molar-refractivity contribution >= 4 is 29.3 Å². The maximum absolute atomic E-state index is 13.2. The van der Waals surface area contributed by atoms with E-state index in [1.54, 1.807) is 0 Å². The molecule has 2 amide bonds. The number of amides is 2. The molecule has 27 heavy (non-hydrogen) atoms. The van der Waals surface area contributed by atoms with Crippen molar-refractivity contribution in [1.29, 1.82) is 0 Å². The summed E-state index contributed by atoms with van der Waals surface area (Å²) >= 11 is 5.69. The van der Waals surface area contributed by atoms with E-state index in [9.17, 15) is 9.18 Å². The van der Waals surface area contributed by atoms with Crippen molar-refractivity contribution in [3.8, 4) is 6.01 Å². The molecule has 1 aliphatic rings. The van der Waals surface area contributed by atoms with Crippen molar-refractivity contribution in [2.45, 2.75) is 6.54 Å². The highest BCUT2D eigenvalue weighted by atomic mass is 35.5. The van der Waals surface area contributed by atoms with Gasteiger partial charge in [0.05, 0.1) is 31.9 Å². The molecule has 1 fully saturated rings. The summed E-state index contributed by atoms with van der Waals surface area (Å²) in [4.78, 5) is 26.7. The molecular weight excluding hydrogens is 379 g/mol. The fourth-order valence-electron chi connectivity index (χ4n) is 2.37. The highest BCUT2D eigenvalue weighted by Gasteiger charge is 2.17. The molecule has 9 nitrogen and oxygen atoms in total. The van der Waals surface area contributed by atoms with Gasteiger partial charge in [0, 0.05) is 18.8 Å². The molecule has 0 spiro atoms. The Labute approximate surface area is 159 Å². The number of urea groups is 1. The van der Waals surface area contributed by atoms with Crippen molar-refractivity contribution in [3.05, 3.63) is 34.9 Å². The van der Waals surface area contributed by atoms with Crippen LogP contribution in [0.15, 0.2) is 18.2 Å². The average molecular weight is 397 g/mol. The number of carbonyl (C=O) groups is 1. The minimum Gasteiger partial charge on any atom is -0.467 e. The van der Waals surface area contributed by atoms with Gasteiger partial charge in [0.25, 0.3) is 0 Å². The van der Waals surface area contributed by atoms with Crippen LogP contribution in [0.25, 0.3) is 0 Å². The summed E-state index contributed by atoms with van der Waals surface area (Å²) in [7, 11) is 1.46. The number of benzene rings is 1. The molecule has 0 atom stereocenters. The molecule has 1 aliphatic heterocycles. The van der Waals surface area contributed by atoms with Crippen molar-refractivity contribution in [2.75, 3.05) is 43.6 Å². The third-order valence-corrected chi connectivity index (χ3v) is 4.00. The predicted octanol–water partition coefficient (Wildman–Crippen LogP) is 1.83. The number of aromatic nitrogens is 3. The molecule has 1 aromatic heterocycles. The van der Waals surface area contributed by atoms with Gasteiger partial charge in [-0.2, -0.15) is 15.0 Å². The SMILES string of the molecule is COc1nc(CNC(=O)Nc2ccc(F)c(Cl)c2)nc(N2CCOCC2)n1. The summed E-state index contributed by atoms with van der Waals surface area (Å²) < 4.78 is 23.6.